The Morgan fingerprint density at radius 1 is 1.12 bits per heavy atom. The number of rotatable bonds is 6. The Bertz CT molecular complexity index is 1260. The van der Waals surface area contributed by atoms with Gasteiger partial charge in [-0.15, -0.1) is 11.3 Å². The Labute approximate surface area is 212 Å². The van der Waals surface area contributed by atoms with E-state index >= 15 is 0 Å². The molecule has 1 fully saturated rings. The van der Waals surface area contributed by atoms with Gasteiger partial charge in [0, 0.05) is 0 Å². The summed E-state index contributed by atoms with van der Waals surface area (Å²) in [6.07, 6.45) is 1.72. The minimum absolute atomic E-state index is 0.224. The maximum atomic E-state index is 13.1. The second-order valence-corrected chi connectivity index (χ2v) is 10.1. The Hall–Kier alpha value is -2.66. The van der Waals surface area contributed by atoms with Crippen LogP contribution in [0.2, 0.25) is 0 Å². The predicted octanol–water partition coefficient (Wildman–Crippen LogP) is 6.15. The van der Waals surface area contributed by atoms with E-state index in [1.807, 2.05) is 0 Å². The number of hydrogen-bond donors (Lipinski definition) is 0. The van der Waals surface area contributed by atoms with Gasteiger partial charge in [0.1, 0.15) is 10.6 Å². The average molecular weight is 562 g/mol. The van der Waals surface area contributed by atoms with Gasteiger partial charge < -0.3 is 14.2 Å². The first-order valence-corrected chi connectivity index (χ1v) is 12.4. The van der Waals surface area contributed by atoms with E-state index in [0.29, 0.717) is 41.3 Å². The summed E-state index contributed by atoms with van der Waals surface area (Å²) in [6, 6.07) is 14.0. The number of thiophene rings is 1. The van der Waals surface area contributed by atoms with Gasteiger partial charge in [0.2, 0.25) is 0 Å². The highest BCUT2D eigenvalue weighted by Gasteiger charge is 2.33. The van der Waals surface area contributed by atoms with Crippen molar-refractivity contribution in [1.82, 2.24) is 0 Å². The first kappa shape index (κ1) is 23.5. The molecule has 0 radical (unpaired) electrons. The number of thiocarbonyl (C=S) groups is 1. The topological polar surface area (TPSA) is 65.1 Å². The lowest BCUT2D eigenvalue weighted by Gasteiger charge is -2.14. The Kier molecular flexibility index (Phi) is 7.18. The van der Waals surface area contributed by atoms with Crippen molar-refractivity contribution >= 4 is 79.2 Å². The fourth-order valence-corrected chi connectivity index (χ4v) is 5.47. The van der Waals surface area contributed by atoms with E-state index in [-0.39, 0.29) is 11.7 Å². The van der Waals surface area contributed by atoms with Crippen molar-refractivity contribution < 1.29 is 23.8 Å². The lowest BCUT2D eigenvalue weighted by Crippen LogP contribution is -2.27. The third-order valence-electron chi connectivity index (χ3n) is 4.59. The van der Waals surface area contributed by atoms with Gasteiger partial charge in [-0.3, -0.25) is 9.69 Å². The number of carbonyl (C=O) groups excluding carboxylic acids is 2. The summed E-state index contributed by atoms with van der Waals surface area (Å²) >= 11 is 11.4. The van der Waals surface area contributed by atoms with E-state index in [1.54, 1.807) is 67.1 Å². The van der Waals surface area contributed by atoms with Crippen LogP contribution in [-0.4, -0.2) is 30.4 Å². The van der Waals surface area contributed by atoms with Crippen LogP contribution < -0.4 is 19.1 Å². The van der Waals surface area contributed by atoms with Gasteiger partial charge in [0.05, 0.1) is 29.3 Å². The predicted molar refractivity (Wildman–Crippen MR) is 139 cm³/mol. The van der Waals surface area contributed by atoms with Crippen LogP contribution in [0.25, 0.3) is 6.08 Å². The van der Waals surface area contributed by atoms with E-state index in [1.165, 1.54) is 35.1 Å². The van der Waals surface area contributed by atoms with Gasteiger partial charge in [-0.1, -0.05) is 30.0 Å². The molecule has 0 spiro atoms. The number of nitrogens with zero attached hydrogens (tertiary/aromatic N) is 1. The lowest BCUT2D eigenvalue weighted by atomic mass is 10.1. The number of benzene rings is 2. The summed E-state index contributed by atoms with van der Waals surface area (Å²) in [6.45, 7) is 0. The van der Waals surface area contributed by atoms with Crippen LogP contribution in [0.5, 0.6) is 17.2 Å². The largest absolute Gasteiger partial charge is 0.497 e. The standard InChI is InChI=1S/C23H16BrNO5S3/c1-28-15-7-5-14(6-8-15)25-21(26)19(33-23(25)31)12-13-10-16(24)20(17(11-13)29-2)30-22(27)18-4-3-9-32-18/h3-12H,1-2H3/b19-12+. The molecule has 1 saturated heterocycles. The van der Waals surface area contributed by atoms with E-state index in [4.69, 9.17) is 26.4 Å². The third kappa shape index (κ3) is 4.98. The fraction of sp³-hybridized carbons (Fsp3) is 0.0870. The van der Waals surface area contributed by atoms with Crippen LogP contribution in [0.4, 0.5) is 5.69 Å². The van der Waals surface area contributed by atoms with Crippen molar-refractivity contribution in [3.63, 3.8) is 0 Å². The number of ether oxygens (including phenoxy) is 3. The van der Waals surface area contributed by atoms with E-state index in [2.05, 4.69) is 15.9 Å². The van der Waals surface area contributed by atoms with Crippen LogP contribution >= 0.6 is 51.2 Å². The molecule has 168 valence electrons. The summed E-state index contributed by atoms with van der Waals surface area (Å²) in [5.74, 6) is 0.608. The van der Waals surface area contributed by atoms with Gasteiger partial charge in [-0.2, -0.15) is 0 Å². The highest BCUT2D eigenvalue weighted by atomic mass is 79.9. The summed E-state index contributed by atoms with van der Waals surface area (Å²) in [4.78, 5) is 27.9. The number of carbonyl (C=O) groups is 2. The highest BCUT2D eigenvalue weighted by Crippen LogP contribution is 2.40. The van der Waals surface area contributed by atoms with Crippen molar-refractivity contribution in [2.24, 2.45) is 0 Å². The molecule has 0 N–H and O–H groups in total. The molecule has 0 aliphatic carbocycles. The molecule has 1 amide bonds. The third-order valence-corrected chi connectivity index (χ3v) is 7.33. The smallest absolute Gasteiger partial charge is 0.353 e. The Morgan fingerprint density at radius 3 is 2.52 bits per heavy atom. The van der Waals surface area contributed by atoms with Gasteiger partial charge in [-0.25, -0.2) is 4.79 Å². The molecule has 0 atom stereocenters. The molecule has 2 heterocycles. The van der Waals surface area contributed by atoms with Gasteiger partial charge in [-0.05, 0) is 75.4 Å². The molecule has 2 aromatic carbocycles. The maximum absolute atomic E-state index is 13.1. The quantitative estimate of drug-likeness (QED) is 0.155. The lowest BCUT2D eigenvalue weighted by molar-refractivity contribution is -0.113. The number of thioether (sulfide) groups is 1. The van der Waals surface area contributed by atoms with Crippen LogP contribution in [-0.2, 0) is 4.79 Å². The van der Waals surface area contributed by atoms with Crippen molar-refractivity contribution in [1.29, 1.82) is 0 Å². The molecular formula is C23H16BrNO5S3. The van der Waals surface area contributed by atoms with Gasteiger partial charge >= 0.3 is 5.97 Å². The minimum atomic E-state index is -0.475. The summed E-state index contributed by atoms with van der Waals surface area (Å²) in [5, 5.41) is 1.80. The molecule has 1 aromatic heterocycles. The van der Waals surface area contributed by atoms with Gasteiger partial charge in [0.15, 0.2) is 15.8 Å². The summed E-state index contributed by atoms with van der Waals surface area (Å²) < 4.78 is 17.1. The molecule has 10 heteroatoms. The molecule has 3 aromatic rings. The molecule has 1 aliphatic rings. The maximum Gasteiger partial charge on any atom is 0.353 e. The fourth-order valence-electron chi connectivity index (χ4n) is 3.03. The number of halogens is 1. The molecule has 1 aliphatic heterocycles. The van der Waals surface area contributed by atoms with Crippen molar-refractivity contribution in [3.05, 3.63) is 73.7 Å². The summed E-state index contributed by atoms with van der Waals surface area (Å²) in [5.41, 5.74) is 1.35. The van der Waals surface area contributed by atoms with E-state index in [9.17, 15) is 9.59 Å². The van der Waals surface area contributed by atoms with Crippen molar-refractivity contribution in [2.75, 3.05) is 19.1 Å². The van der Waals surface area contributed by atoms with Crippen molar-refractivity contribution in [2.45, 2.75) is 0 Å². The van der Waals surface area contributed by atoms with Crippen LogP contribution in [0.15, 0.2) is 63.3 Å². The van der Waals surface area contributed by atoms with Crippen LogP contribution in [0.3, 0.4) is 0 Å². The average Bonchev–Trinajstić information content (AvgIpc) is 3.44. The number of esters is 1. The SMILES string of the molecule is COc1ccc(N2C(=O)/C(=C\c3cc(Br)c(OC(=O)c4cccs4)c(OC)c3)SC2=S)cc1. The van der Waals surface area contributed by atoms with E-state index in [0.717, 1.165) is 0 Å². The highest BCUT2D eigenvalue weighted by molar-refractivity contribution is 9.10. The molecule has 0 bridgehead atoms. The zero-order valence-corrected chi connectivity index (χ0v) is 21.4. The zero-order valence-electron chi connectivity index (χ0n) is 17.4. The molecule has 4 rings (SSSR count). The minimum Gasteiger partial charge on any atom is -0.497 e. The first-order chi connectivity index (χ1) is 15.9. The normalized spacial score (nSPS) is 14.6. The Morgan fingerprint density at radius 2 is 1.88 bits per heavy atom. The second kappa shape index (κ2) is 10.1. The molecular weight excluding hydrogens is 546 g/mol. The molecule has 6 nitrogen and oxygen atoms in total. The second-order valence-electron chi connectivity index (χ2n) is 6.62. The number of methoxy groups -OCH3 is 2. The zero-order chi connectivity index (χ0) is 23.5. The van der Waals surface area contributed by atoms with Crippen molar-refractivity contribution in [3.8, 4) is 17.2 Å². The number of anilines is 1. The van der Waals surface area contributed by atoms with Crippen LogP contribution in [0.1, 0.15) is 15.2 Å². The Balaban J connectivity index is 1.60. The van der Waals surface area contributed by atoms with E-state index < -0.39 is 5.97 Å². The van der Waals surface area contributed by atoms with Gasteiger partial charge in [0.25, 0.3) is 5.91 Å². The first-order valence-electron chi connectivity index (χ1n) is 9.46. The number of hydrogen-bond acceptors (Lipinski definition) is 8. The number of amides is 1. The van der Waals surface area contributed by atoms with Crippen LogP contribution in [0, 0.1) is 0 Å². The molecule has 0 unspecified atom stereocenters. The monoisotopic (exact) mass is 561 g/mol. The molecule has 33 heavy (non-hydrogen) atoms. The summed E-state index contributed by atoms with van der Waals surface area (Å²) in [7, 11) is 3.06. The molecule has 0 saturated carbocycles.